The highest BCUT2D eigenvalue weighted by molar-refractivity contribution is 5.38. The lowest BCUT2D eigenvalue weighted by atomic mass is 10.1. The Labute approximate surface area is 107 Å². The maximum atomic E-state index is 9.72. The summed E-state index contributed by atoms with van der Waals surface area (Å²) in [6.07, 6.45) is 3.96. The van der Waals surface area contributed by atoms with Gasteiger partial charge in [-0.05, 0) is 31.2 Å². The summed E-state index contributed by atoms with van der Waals surface area (Å²) < 4.78 is 5.76. The number of nitrogens with one attached hydrogen (secondary N) is 1. The summed E-state index contributed by atoms with van der Waals surface area (Å²) in [5.74, 6) is 0.971. The van der Waals surface area contributed by atoms with Crippen molar-refractivity contribution in [3.63, 3.8) is 0 Å². The highest BCUT2D eigenvalue weighted by Crippen LogP contribution is 2.38. The molecule has 0 amide bonds. The van der Waals surface area contributed by atoms with Crippen LogP contribution in [0.3, 0.4) is 0 Å². The molecule has 4 nitrogen and oxygen atoms in total. The third kappa shape index (κ3) is 2.44. The van der Waals surface area contributed by atoms with Crippen LogP contribution in [0.15, 0.2) is 18.2 Å². The van der Waals surface area contributed by atoms with Crippen LogP contribution >= 0.6 is 0 Å². The molecule has 2 atom stereocenters. The topological polar surface area (TPSA) is 61.7 Å². The fourth-order valence-electron chi connectivity index (χ4n) is 2.66. The summed E-state index contributed by atoms with van der Waals surface area (Å²) in [6.45, 7) is 1.45. The Morgan fingerprint density at radius 1 is 1.22 bits per heavy atom. The third-order valence-electron chi connectivity index (χ3n) is 3.85. The van der Waals surface area contributed by atoms with Gasteiger partial charge in [0.05, 0.1) is 6.10 Å². The van der Waals surface area contributed by atoms with Gasteiger partial charge in [0.25, 0.3) is 0 Å². The third-order valence-corrected chi connectivity index (χ3v) is 3.85. The van der Waals surface area contributed by atoms with Gasteiger partial charge in [-0.1, -0.05) is 6.07 Å². The second-order valence-electron chi connectivity index (χ2n) is 5.26. The average Bonchev–Trinajstić information content (AvgIpc) is 3.08. The summed E-state index contributed by atoms with van der Waals surface area (Å²) in [6, 6.07) is 5.12. The van der Waals surface area contributed by atoms with Crippen molar-refractivity contribution < 1.29 is 14.9 Å². The Hall–Kier alpha value is -1.26. The van der Waals surface area contributed by atoms with Gasteiger partial charge in [-0.3, -0.25) is 0 Å². The number of hydrogen-bond donors (Lipinski definition) is 3. The number of benzene rings is 1. The molecular weight excluding hydrogens is 230 g/mol. The van der Waals surface area contributed by atoms with E-state index in [4.69, 9.17) is 4.74 Å². The summed E-state index contributed by atoms with van der Waals surface area (Å²) in [4.78, 5) is 0. The molecule has 0 bridgehead atoms. The molecule has 1 aromatic carbocycles. The van der Waals surface area contributed by atoms with Crippen molar-refractivity contribution in [2.24, 2.45) is 5.92 Å². The summed E-state index contributed by atoms with van der Waals surface area (Å²) in [5, 5.41) is 22.4. The Bertz CT molecular complexity index is 431. The van der Waals surface area contributed by atoms with E-state index in [1.54, 1.807) is 12.1 Å². The molecule has 1 aliphatic heterocycles. The predicted octanol–water partition coefficient (Wildman–Crippen LogP) is 1.75. The van der Waals surface area contributed by atoms with Crippen LogP contribution < -0.4 is 5.32 Å². The second-order valence-corrected chi connectivity index (χ2v) is 5.26. The summed E-state index contributed by atoms with van der Waals surface area (Å²) in [7, 11) is 0. The molecule has 2 fully saturated rings. The van der Waals surface area contributed by atoms with Crippen LogP contribution in [0.5, 0.6) is 11.5 Å². The number of ether oxygens (including phenoxy) is 1. The van der Waals surface area contributed by atoms with Gasteiger partial charge in [0.1, 0.15) is 11.5 Å². The maximum Gasteiger partial charge on any atom is 0.123 e. The molecule has 2 unspecified atom stereocenters. The first kappa shape index (κ1) is 11.8. The molecule has 1 aromatic rings. The normalized spacial score (nSPS) is 27.6. The maximum absolute atomic E-state index is 9.72. The van der Waals surface area contributed by atoms with Crippen LogP contribution in [0.2, 0.25) is 0 Å². The standard InChI is InChI=1S/C14H19NO3/c16-11-4-3-10(13(17)7-11)8-15-12-5-6-18-14(12)9-1-2-9/h3-4,7,9,12,14-17H,1-2,5-6,8H2. The van der Waals surface area contributed by atoms with E-state index in [2.05, 4.69) is 5.32 Å². The SMILES string of the molecule is Oc1ccc(CNC2CCOC2C2CC2)c(O)c1. The number of hydrogen-bond acceptors (Lipinski definition) is 4. The van der Waals surface area contributed by atoms with Gasteiger partial charge in [-0.25, -0.2) is 0 Å². The van der Waals surface area contributed by atoms with E-state index < -0.39 is 0 Å². The molecule has 18 heavy (non-hydrogen) atoms. The van der Waals surface area contributed by atoms with E-state index in [-0.39, 0.29) is 11.5 Å². The lowest BCUT2D eigenvalue weighted by Gasteiger charge is -2.19. The summed E-state index contributed by atoms with van der Waals surface area (Å²) >= 11 is 0. The zero-order valence-electron chi connectivity index (χ0n) is 10.3. The van der Waals surface area contributed by atoms with E-state index in [0.29, 0.717) is 18.7 Å². The summed E-state index contributed by atoms with van der Waals surface area (Å²) in [5.41, 5.74) is 0.814. The van der Waals surface area contributed by atoms with Crippen LogP contribution in [0.25, 0.3) is 0 Å². The quantitative estimate of drug-likeness (QED) is 0.761. The smallest absolute Gasteiger partial charge is 0.123 e. The predicted molar refractivity (Wildman–Crippen MR) is 67.5 cm³/mol. The number of phenolic OH excluding ortho intramolecular Hbond substituents is 2. The molecule has 98 valence electrons. The number of aromatic hydroxyl groups is 2. The van der Waals surface area contributed by atoms with Crippen LogP contribution in [0, 0.1) is 5.92 Å². The van der Waals surface area contributed by atoms with Crippen LogP contribution in [-0.2, 0) is 11.3 Å². The van der Waals surface area contributed by atoms with Crippen molar-refractivity contribution >= 4 is 0 Å². The highest BCUT2D eigenvalue weighted by atomic mass is 16.5. The molecule has 0 spiro atoms. The second kappa shape index (κ2) is 4.78. The molecule has 2 aliphatic rings. The van der Waals surface area contributed by atoms with Crippen molar-refractivity contribution in [2.75, 3.05) is 6.61 Å². The first-order valence-electron chi connectivity index (χ1n) is 6.60. The molecule has 1 heterocycles. The fraction of sp³-hybridized carbons (Fsp3) is 0.571. The first-order chi connectivity index (χ1) is 8.74. The Morgan fingerprint density at radius 3 is 2.78 bits per heavy atom. The van der Waals surface area contributed by atoms with E-state index in [0.717, 1.165) is 24.5 Å². The van der Waals surface area contributed by atoms with Gasteiger partial charge in [0.15, 0.2) is 0 Å². The van der Waals surface area contributed by atoms with Gasteiger partial charge in [0, 0.05) is 30.8 Å². The zero-order chi connectivity index (χ0) is 12.5. The van der Waals surface area contributed by atoms with E-state index in [9.17, 15) is 10.2 Å². The van der Waals surface area contributed by atoms with Crippen molar-refractivity contribution in [1.29, 1.82) is 0 Å². The minimum Gasteiger partial charge on any atom is -0.508 e. The van der Waals surface area contributed by atoms with Crippen molar-refractivity contribution in [1.82, 2.24) is 5.32 Å². The molecule has 0 aromatic heterocycles. The molecule has 3 rings (SSSR count). The van der Waals surface area contributed by atoms with Gasteiger partial charge in [0.2, 0.25) is 0 Å². The van der Waals surface area contributed by atoms with E-state index in [1.165, 1.54) is 18.9 Å². The lowest BCUT2D eigenvalue weighted by molar-refractivity contribution is 0.0808. The van der Waals surface area contributed by atoms with Crippen LogP contribution in [-0.4, -0.2) is 29.0 Å². The van der Waals surface area contributed by atoms with E-state index in [1.807, 2.05) is 0 Å². The molecule has 3 N–H and O–H groups in total. The van der Waals surface area contributed by atoms with Crippen molar-refractivity contribution in [3.05, 3.63) is 23.8 Å². The minimum atomic E-state index is 0.0938. The Kier molecular flexibility index (Phi) is 3.14. The molecule has 4 heteroatoms. The Morgan fingerprint density at radius 2 is 2.06 bits per heavy atom. The van der Waals surface area contributed by atoms with E-state index >= 15 is 0 Å². The molecule has 1 saturated heterocycles. The first-order valence-corrected chi connectivity index (χ1v) is 6.60. The number of rotatable bonds is 4. The average molecular weight is 249 g/mol. The molecule has 0 radical (unpaired) electrons. The molecule has 1 saturated carbocycles. The van der Waals surface area contributed by atoms with Gasteiger partial charge >= 0.3 is 0 Å². The minimum absolute atomic E-state index is 0.0938. The Balaban J connectivity index is 1.60. The van der Waals surface area contributed by atoms with Crippen LogP contribution in [0.4, 0.5) is 0 Å². The highest BCUT2D eigenvalue weighted by Gasteiger charge is 2.40. The van der Waals surface area contributed by atoms with Gasteiger partial charge in [-0.2, -0.15) is 0 Å². The zero-order valence-corrected chi connectivity index (χ0v) is 10.3. The number of phenols is 2. The molecule has 1 aliphatic carbocycles. The van der Waals surface area contributed by atoms with Gasteiger partial charge in [-0.15, -0.1) is 0 Å². The van der Waals surface area contributed by atoms with Crippen LogP contribution in [0.1, 0.15) is 24.8 Å². The largest absolute Gasteiger partial charge is 0.508 e. The lowest BCUT2D eigenvalue weighted by Crippen LogP contribution is -2.37. The van der Waals surface area contributed by atoms with Gasteiger partial charge < -0.3 is 20.3 Å². The van der Waals surface area contributed by atoms with Crippen molar-refractivity contribution in [2.45, 2.75) is 38.0 Å². The fourth-order valence-corrected chi connectivity index (χ4v) is 2.66. The van der Waals surface area contributed by atoms with Crippen molar-refractivity contribution in [3.8, 4) is 11.5 Å². The monoisotopic (exact) mass is 249 g/mol. The molecular formula is C14H19NO3.